The van der Waals surface area contributed by atoms with Gasteiger partial charge in [-0.05, 0) is 36.6 Å². The predicted molar refractivity (Wildman–Crippen MR) is 57.2 cm³/mol. The lowest BCUT2D eigenvalue weighted by Crippen LogP contribution is -1.84. The molecule has 0 saturated carbocycles. The average Bonchev–Trinajstić information content (AvgIpc) is 2.53. The fourth-order valence-electron chi connectivity index (χ4n) is 1.53. The Morgan fingerprint density at radius 1 is 1.15 bits per heavy atom. The normalized spacial score (nSPS) is 15.5. The van der Waals surface area contributed by atoms with Gasteiger partial charge in [-0.1, -0.05) is 29.9 Å². The third kappa shape index (κ3) is 1.64. The first-order chi connectivity index (χ1) is 6.25. The molecule has 1 aliphatic rings. The summed E-state index contributed by atoms with van der Waals surface area (Å²) in [5.41, 5.74) is 10.4. The van der Waals surface area contributed by atoms with Gasteiger partial charge in [-0.3, -0.25) is 0 Å². The van der Waals surface area contributed by atoms with Crippen LogP contribution in [0, 0.1) is 0 Å². The molecule has 0 heterocycles. The van der Waals surface area contributed by atoms with Crippen molar-refractivity contribution in [3.63, 3.8) is 0 Å². The van der Waals surface area contributed by atoms with Gasteiger partial charge in [-0.15, -0.1) is 0 Å². The summed E-state index contributed by atoms with van der Waals surface area (Å²) in [5.74, 6) is 0. The van der Waals surface area contributed by atoms with Crippen LogP contribution in [-0.4, -0.2) is 0 Å². The molecule has 0 aliphatic heterocycles. The molecule has 0 bridgehead atoms. The molecule has 1 aliphatic carbocycles. The fraction of sp³-hybridized carbons (Fsp3) is 0.167. The van der Waals surface area contributed by atoms with E-state index in [1.54, 1.807) is 0 Å². The monoisotopic (exact) mass is 171 g/mol. The van der Waals surface area contributed by atoms with Gasteiger partial charge in [-0.2, -0.15) is 0 Å². The Kier molecular flexibility index (Phi) is 1.93. The van der Waals surface area contributed by atoms with Crippen LogP contribution in [0.4, 0.5) is 5.69 Å². The first kappa shape index (κ1) is 8.11. The molecule has 1 aromatic carbocycles. The number of hydrogen-bond acceptors (Lipinski definition) is 1. The Labute approximate surface area is 78.6 Å². The number of hydrogen-bond donors (Lipinski definition) is 1. The zero-order valence-corrected chi connectivity index (χ0v) is 7.75. The van der Waals surface area contributed by atoms with Crippen molar-refractivity contribution in [1.29, 1.82) is 0 Å². The van der Waals surface area contributed by atoms with Crippen molar-refractivity contribution in [2.45, 2.75) is 13.3 Å². The second kappa shape index (κ2) is 3.09. The molecule has 0 unspecified atom stereocenters. The van der Waals surface area contributed by atoms with Gasteiger partial charge < -0.3 is 5.73 Å². The van der Waals surface area contributed by atoms with Gasteiger partial charge in [0.15, 0.2) is 0 Å². The van der Waals surface area contributed by atoms with Crippen LogP contribution >= 0.6 is 0 Å². The number of nitrogens with two attached hydrogens (primary N) is 1. The molecule has 0 spiro atoms. The molecule has 0 amide bonds. The zero-order chi connectivity index (χ0) is 9.26. The highest BCUT2D eigenvalue weighted by Gasteiger charge is 2.04. The minimum atomic E-state index is 0.822. The van der Waals surface area contributed by atoms with Gasteiger partial charge in [0, 0.05) is 5.69 Å². The fourth-order valence-corrected chi connectivity index (χ4v) is 1.53. The van der Waals surface area contributed by atoms with Gasteiger partial charge >= 0.3 is 0 Å². The summed E-state index contributed by atoms with van der Waals surface area (Å²) in [5, 5.41) is 0. The molecule has 0 fully saturated rings. The van der Waals surface area contributed by atoms with Crippen molar-refractivity contribution in [1.82, 2.24) is 0 Å². The summed E-state index contributed by atoms with van der Waals surface area (Å²) < 4.78 is 0. The van der Waals surface area contributed by atoms with Crippen molar-refractivity contribution in [3.8, 4) is 0 Å². The lowest BCUT2D eigenvalue weighted by molar-refractivity contribution is 1.25. The van der Waals surface area contributed by atoms with Crippen LogP contribution in [0.2, 0.25) is 0 Å². The van der Waals surface area contributed by atoms with Crippen molar-refractivity contribution in [2.24, 2.45) is 0 Å². The maximum absolute atomic E-state index is 5.62. The Bertz CT molecular complexity index is 369. The van der Waals surface area contributed by atoms with Crippen molar-refractivity contribution in [2.75, 3.05) is 5.73 Å². The molecule has 0 atom stereocenters. The molecule has 2 rings (SSSR count). The molecule has 13 heavy (non-hydrogen) atoms. The zero-order valence-electron chi connectivity index (χ0n) is 7.75. The highest BCUT2D eigenvalue weighted by molar-refractivity contribution is 5.77. The standard InChI is InChI=1S/C12H13N/c1-9-2-3-11(8-9)10-4-6-12(13)7-5-10/h3-8H,2,13H2,1H3. The van der Waals surface area contributed by atoms with E-state index in [-0.39, 0.29) is 0 Å². The smallest absolute Gasteiger partial charge is 0.0314 e. The second-order valence-corrected chi connectivity index (χ2v) is 3.48. The summed E-state index contributed by atoms with van der Waals surface area (Å²) in [4.78, 5) is 0. The number of nitrogen functional groups attached to an aromatic ring is 1. The number of rotatable bonds is 1. The van der Waals surface area contributed by atoms with Gasteiger partial charge in [0.25, 0.3) is 0 Å². The van der Waals surface area contributed by atoms with E-state index in [9.17, 15) is 0 Å². The maximum Gasteiger partial charge on any atom is 0.0314 e. The highest BCUT2D eigenvalue weighted by atomic mass is 14.5. The Morgan fingerprint density at radius 2 is 1.85 bits per heavy atom. The van der Waals surface area contributed by atoms with E-state index < -0.39 is 0 Å². The van der Waals surface area contributed by atoms with Crippen molar-refractivity contribution in [3.05, 3.63) is 47.6 Å². The molecular formula is C12H13N. The van der Waals surface area contributed by atoms with E-state index in [1.807, 2.05) is 12.1 Å². The van der Waals surface area contributed by atoms with Gasteiger partial charge in [-0.25, -0.2) is 0 Å². The first-order valence-electron chi connectivity index (χ1n) is 4.49. The average molecular weight is 171 g/mol. The Balaban J connectivity index is 2.32. The first-order valence-corrected chi connectivity index (χ1v) is 4.49. The molecule has 66 valence electrons. The van der Waals surface area contributed by atoms with Crippen LogP contribution in [0.5, 0.6) is 0 Å². The largest absolute Gasteiger partial charge is 0.399 e. The Morgan fingerprint density at radius 3 is 2.38 bits per heavy atom. The number of anilines is 1. The third-order valence-electron chi connectivity index (χ3n) is 2.29. The molecular weight excluding hydrogens is 158 g/mol. The van der Waals surface area contributed by atoms with E-state index in [1.165, 1.54) is 16.7 Å². The van der Waals surface area contributed by atoms with Crippen LogP contribution in [0.1, 0.15) is 18.9 Å². The molecule has 0 aromatic heterocycles. The summed E-state index contributed by atoms with van der Waals surface area (Å²) >= 11 is 0. The maximum atomic E-state index is 5.62. The number of benzene rings is 1. The predicted octanol–water partition coefficient (Wildman–Crippen LogP) is 3.00. The van der Waals surface area contributed by atoms with E-state index in [0.29, 0.717) is 0 Å². The molecule has 1 aromatic rings. The van der Waals surface area contributed by atoms with Crippen molar-refractivity contribution >= 4 is 11.3 Å². The molecule has 1 nitrogen and oxygen atoms in total. The van der Waals surface area contributed by atoms with Crippen LogP contribution in [0.3, 0.4) is 0 Å². The second-order valence-electron chi connectivity index (χ2n) is 3.48. The van der Waals surface area contributed by atoms with Crippen LogP contribution in [0.15, 0.2) is 42.0 Å². The van der Waals surface area contributed by atoms with Gasteiger partial charge in [0.05, 0.1) is 0 Å². The van der Waals surface area contributed by atoms with Crippen LogP contribution in [0.25, 0.3) is 5.57 Å². The van der Waals surface area contributed by atoms with Gasteiger partial charge in [0.1, 0.15) is 0 Å². The minimum absolute atomic E-state index is 0.822. The van der Waals surface area contributed by atoms with E-state index >= 15 is 0 Å². The quantitative estimate of drug-likeness (QED) is 0.646. The van der Waals surface area contributed by atoms with Crippen LogP contribution in [-0.2, 0) is 0 Å². The Hall–Kier alpha value is -1.50. The van der Waals surface area contributed by atoms with Crippen LogP contribution < -0.4 is 5.73 Å². The highest BCUT2D eigenvalue weighted by Crippen LogP contribution is 2.26. The third-order valence-corrected chi connectivity index (χ3v) is 2.29. The molecule has 0 saturated heterocycles. The van der Waals surface area contributed by atoms with E-state index in [2.05, 4.69) is 31.2 Å². The van der Waals surface area contributed by atoms with Gasteiger partial charge in [0.2, 0.25) is 0 Å². The SMILES string of the molecule is CC1=CC(c2ccc(N)cc2)=CC1. The summed E-state index contributed by atoms with van der Waals surface area (Å²) in [7, 11) is 0. The minimum Gasteiger partial charge on any atom is -0.399 e. The van der Waals surface area contributed by atoms with E-state index in [4.69, 9.17) is 5.73 Å². The van der Waals surface area contributed by atoms with Crippen molar-refractivity contribution < 1.29 is 0 Å². The topological polar surface area (TPSA) is 26.0 Å². The lowest BCUT2D eigenvalue weighted by atomic mass is 10.1. The summed E-state index contributed by atoms with van der Waals surface area (Å²) in [6, 6.07) is 8.02. The molecule has 2 N–H and O–H groups in total. The lowest BCUT2D eigenvalue weighted by Gasteiger charge is -1.99. The number of allylic oxidation sites excluding steroid dienone is 4. The molecule has 1 heteroatoms. The van der Waals surface area contributed by atoms with E-state index in [0.717, 1.165) is 12.1 Å². The summed E-state index contributed by atoms with van der Waals surface area (Å²) in [6.07, 6.45) is 5.56. The summed E-state index contributed by atoms with van der Waals surface area (Å²) in [6.45, 7) is 2.15. The molecule has 0 radical (unpaired) electrons.